The number of ether oxygens (including phenoxy) is 1. The number of amides is 2. The zero-order valence-corrected chi connectivity index (χ0v) is 32.5. The van der Waals surface area contributed by atoms with Crippen molar-refractivity contribution in [3.05, 3.63) is 112 Å². The SMILES string of the molecule is CCCC(CC)NCc1cccc(-c2cc(CNC(=O)c3cccc(C(=O)NCc4c(CC)nc5c(cnn5CC)c4NC4CCOCC4)c3)ccc2F)c1. The minimum absolute atomic E-state index is 0.200. The van der Waals surface area contributed by atoms with Crippen molar-refractivity contribution in [3.63, 3.8) is 0 Å². The fraction of sp³-hybridized carbons (Fsp3) is 0.409. The van der Waals surface area contributed by atoms with E-state index < -0.39 is 0 Å². The van der Waals surface area contributed by atoms with E-state index in [-0.39, 0.29) is 36.8 Å². The molecule has 0 saturated carbocycles. The van der Waals surface area contributed by atoms with E-state index in [1.165, 1.54) is 6.07 Å². The molecule has 6 rings (SSSR count). The summed E-state index contributed by atoms with van der Waals surface area (Å²) < 4.78 is 22.6. The van der Waals surface area contributed by atoms with Crippen molar-refractivity contribution in [2.75, 3.05) is 18.5 Å². The van der Waals surface area contributed by atoms with Crippen molar-refractivity contribution in [3.8, 4) is 11.1 Å². The number of aromatic nitrogens is 3. The fourth-order valence-corrected chi connectivity index (χ4v) is 7.27. The molecule has 3 heterocycles. The van der Waals surface area contributed by atoms with Gasteiger partial charge in [0.2, 0.25) is 0 Å². The zero-order valence-electron chi connectivity index (χ0n) is 32.5. The maximum atomic E-state index is 15.1. The number of anilines is 1. The summed E-state index contributed by atoms with van der Waals surface area (Å²) in [6, 6.07) is 20.2. The van der Waals surface area contributed by atoms with Crippen molar-refractivity contribution >= 4 is 28.5 Å². The lowest BCUT2D eigenvalue weighted by Crippen LogP contribution is -2.30. The third kappa shape index (κ3) is 9.76. The maximum Gasteiger partial charge on any atom is 0.251 e. The fourth-order valence-electron chi connectivity index (χ4n) is 7.27. The van der Waals surface area contributed by atoms with E-state index in [4.69, 9.17) is 9.72 Å². The standard InChI is InChI=1S/C44H54FN7O3/c1-5-11-34(6-2)46-25-29-12-9-13-31(22-29)36-23-30(16-17-39(36)45)26-47-43(53)32-14-10-15-33(24-32)44(54)48-27-37-40(7-3)51-42-38(28-49-52(42)8-4)41(37)50-35-18-20-55-21-19-35/h9-10,12-17,22-24,28,34-35,46H,5-8,11,18-21,25-27H2,1-4H3,(H,47,53)(H,48,54)(H,50,51). The third-order valence-corrected chi connectivity index (χ3v) is 10.4. The molecular weight excluding hydrogens is 694 g/mol. The molecule has 1 saturated heterocycles. The van der Waals surface area contributed by atoms with Crippen molar-refractivity contribution in [1.82, 2.24) is 30.7 Å². The average molecular weight is 748 g/mol. The van der Waals surface area contributed by atoms with Crippen molar-refractivity contribution < 1.29 is 18.7 Å². The Morgan fingerprint density at radius 2 is 1.62 bits per heavy atom. The number of nitrogens with one attached hydrogen (secondary N) is 4. The van der Waals surface area contributed by atoms with Gasteiger partial charge in [-0.3, -0.25) is 9.59 Å². The topological polar surface area (TPSA) is 122 Å². The first-order valence-corrected chi connectivity index (χ1v) is 19.8. The van der Waals surface area contributed by atoms with Crippen LogP contribution in [-0.4, -0.2) is 51.9 Å². The Bertz CT molecular complexity index is 2090. The van der Waals surface area contributed by atoms with Crippen molar-refractivity contribution in [2.45, 2.75) is 104 Å². The van der Waals surface area contributed by atoms with Crippen LogP contribution in [0.5, 0.6) is 0 Å². The summed E-state index contributed by atoms with van der Waals surface area (Å²) in [6.45, 7) is 11.8. The normalized spacial score (nSPS) is 13.8. The van der Waals surface area contributed by atoms with Crippen molar-refractivity contribution in [2.24, 2.45) is 0 Å². The van der Waals surface area contributed by atoms with Gasteiger partial charge in [-0.2, -0.15) is 5.10 Å². The summed E-state index contributed by atoms with van der Waals surface area (Å²) in [5.41, 5.74) is 7.45. The van der Waals surface area contributed by atoms with Crippen LogP contribution in [0.4, 0.5) is 10.1 Å². The first kappa shape index (κ1) is 39.6. The molecule has 1 atom stereocenters. The molecule has 3 aromatic carbocycles. The van der Waals surface area contributed by atoms with Gasteiger partial charge in [0, 0.05) is 79.4 Å². The van der Waals surface area contributed by atoms with Crippen LogP contribution in [0, 0.1) is 5.82 Å². The number of carbonyl (C=O) groups is 2. The number of rotatable bonds is 17. The van der Waals surface area contributed by atoms with Gasteiger partial charge >= 0.3 is 0 Å². The van der Waals surface area contributed by atoms with Gasteiger partial charge in [-0.15, -0.1) is 0 Å². The highest BCUT2D eigenvalue weighted by Gasteiger charge is 2.22. The van der Waals surface area contributed by atoms with Gasteiger partial charge in [-0.1, -0.05) is 57.5 Å². The highest BCUT2D eigenvalue weighted by atomic mass is 19.1. The molecule has 11 heteroatoms. The number of carbonyl (C=O) groups excluding carboxylic acids is 2. The quantitative estimate of drug-likeness (QED) is 0.0762. The summed E-state index contributed by atoms with van der Waals surface area (Å²) in [6.07, 6.45) is 7.62. The average Bonchev–Trinajstić information content (AvgIpc) is 3.64. The molecule has 5 aromatic rings. The van der Waals surface area contributed by atoms with E-state index in [1.807, 2.05) is 36.0 Å². The molecule has 1 fully saturated rings. The summed E-state index contributed by atoms with van der Waals surface area (Å²) >= 11 is 0. The molecule has 55 heavy (non-hydrogen) atoms. The second-order valence-electron chi connectivity index (χ2n) is 14.2. The number of nitrogens with zero attached hydrogens (tertiary/aromatic N) is 3. The highest BCUT2D eigenvalue weighted by Crippen LogP contribution is 2.31. The Balaban J connectivity index is 1.12. The number of hydrogen-bond donors (Lipinski definition) is 4. The summed E-state index contributed by atoms with van der Waals surface area (Å²) in [4.78, 5) is 31.9. The highest BCUT2D eigenvalue weighted by molar-refractivity contribution is 6.00. The van der Waals surface area contributed by atoms with Crippen LogP contribution in [-0.2, 0) is 37.3 Å². The number of halogens is 1. The van der Waals surface area contributed by atoms with Crippen molar-refractivity contribution in [1.29, 1.82) is 0 Å². The van der Waals surface area contributed by atoms with E-state index in [9.17, 15) is 9.59 Å². The molecule has 2 amide bonds. The molecule has 0 bridgehead atoms. The minimum Gasteiger partial charge on any atom is -0.381 e. The van der Waals surface area contributed by atoms with E-state index >= 15 is 4.39 Å². The minimum atomic E-state index is -0.329. The summed E-state index contributed by atoms with van der Waals surface area (Å²) in [5.74, 6) is -0.945. The van der Waals surface area contributed by atoms with Gasteiger partial charge in [0.1, 0.15) is 5.82 Å². The lowest BCUT2D eigenvalue weighted by molar-refractivity contribution is 0.0904. The molecule has 1 unspecified atom stereocenters. The monoisotopic (exact) mass is 747 g/mol. The Morgan fingerprint density at radius 1 is 0.891 bits per heavy atom. The molecule has 1 aliphatic rings. The predicted molar refractivity (Wildman–Crippen MR) is 216 cm³/mol. The molecular formula is C44H54FN7O3. The number of pyridine rings is 1. The van der Waals surface area contributed by atoms with Crippen LogP contribution in [0.1, 0.15) is 103 Å². The Kier molecular flexibility index (Phi) is 13.6. The molecule has 0 spiro atoms. The lowest BCUT2D eigenvalue weighted by atomic mass is 10.00. The third-order valence-electron chi connectivity index (χ3n) is 10.4. The van der Waals surface area contributed by atoms with E-state index in [0.717, 1.165) is 76.8 Å². The van der Waals surface area contributed by atoms with Crippen LogP contribution in [0.25, 0.3) is 22.2 Å². The molecule has 4 N–H and O–H groups in total. The van der Waals surface area contributed by atoms with Gasteiger partial charge in [-0.25, -0.2) is 14.1 Å². The van der Waals surface area contributed by atoms with Gasteiger partial charge in [0.25, 0.3) is 11.8 Å². The number of hydrogen-bond acceptors (Lipinski definition) is 7. The van der Waals surface area contributed by atoms with E-state index in [2.05, 4.69) is 53.2 Å². The van der Waals surface area contributed by atoms with Gasteiger partial charge < -0.3 is 26.0 Å². The van der Waals surface area contributed by atoms with E-state index in [0.29, 0.717) is 55.5 Å². The van der Waals surface area contributed by atoms with Gasteiger partial charge in [0.05, 0.1) is 17.3 Å². The number of benzene rings is 3. The first-order valence-electron chi connectivity index (χ1n) is 19.8. The molecule has 10 nitrogen and oxygen atoms in total. The van der Waals surface area contributed by atoms with Crippen LogP contribution in [0.3, 0.4) is 0 Å². The smallest absolute Gasteiger partial charge is 0.251 e. The maximum absolute atomic E-state index is 15.1. The van der Waals surface area contributed by atoms with E-state index in [1.54, 1.807) is 36.4 Å². The number of aryl methyl sites for hydroxylation is 2. The Hall–Kier alpha value is -5.13. The summed E-state index contributed by atoms with van der Waals surface area (Å²) in [5, 5.41) is 18.9. The zero-order chi connectivity index (χ0) is 38.7. The van der Waals surface area contributed by atoms with Crippen LogP contribution in [0.2, 0.25) is 0 Å². The first-order chi connectivity index (χ1) is 26.8. The molecule has 2 aromatic heterocycles. The lowest BCUT2D eigenvalue weighted by Gasteiger charge is -2.26. The molecule has 1 aliphatic heterocycles. The Labute approximate surface area is 323 Å². The largest absolute Gasteiger partial charge is 0.381 e. The van der Waals surface area contributed by atoms with Gasteiger partial charge in [0.15, 0.2) is 5.65 Å². The number of fused-ring (bicyclic) bond motifs is 1. The molecule has 290 valence electrons. The van der Waals surface area contributed by atoms with Crippen LogP contribution < -0.4 is 21.3 Å². The van der Waals surface area contributed by atoms with Gasteiger partial charge in [-0.05, 0) is 92.1 Å². The predicted octanol–water partition coefficient (Wildman–Crippen LogP) is 7.94. The second kappa shape index (κ2) is 19.0. The molecule has 0 radical (unpaired) electrons. The second-order valence-corrected chi connectivity index (χ2v) is 14.2. The molecule has 0 aliphatic carbocycles. The Morgan fingerprint density at radius 3 is 2.33 bits per heavy atom. The van der Waals surface area contributed by atoms with Crippen LogP contribution >= 0.6 is 0 Å². The van der Waals surface area contributed by atoms with Crippen LogP contribution in [0.15, 0.2) is 72.9 Å². The summed E-state index contributed by atoms with van der Waals surface area (Å²) in [7, 11) is 0.